The van der Waals surface area contributed by atoms with Gasteiger partial charge in [0.2, 0.25) is 35.3 Å². The van der Waals surface area contributed by atoms with E-state index >= 15 is 0 Å². The van der Waals surface area contributed by atoms with Gasteiger partial charge in [-0.2, -0.15) is 36.5 Å². The van der Waals surface area contributed by atoms with E-state index in [1.54, 1.807) is 91.0 Å². The van der Waals surface area contributed by atoms with Gasteiger partial charge in [0.25, 0.3) is 11.8 Å². The molecule has 5 aromatic heterocycles. The lowest BCUT2D eigenvalue weighted by Crippen LogP contribution is -2.27. The van der Waals surface area contributed by atoms with Crippen molar-refractivity contribution in [1.29, 1.82) is 0 Å². The summed E-state index contributed by atoms with van der Waals surface area (Å²) < 4.78 is 105. The Morgan fingerprint density at radius 2 is 0.901 bits per heavy atom. The lowest BCUT2D eigenvalue weighted by molar-refractivity contribution is -0.143. The number of para-hydroxylation sites is 3. The van der Waals surface area contributed by atoms with Crippen LogP contribution in [0.5, 0.6) is 5.75 Å². The summed E-state index contributed by atoms with van der Waals surface area (Å²) in [6, 6.07) is 25.3. The van der Waals surface area contributed by atoms with Crippen LogP contribution >= 0.6 is 12.4 Å². The van der Waals surface area contributed by atoms with Gasteiger partial charge in [-0.05, 0) is 132 Å². The third kappa shape index (κ3) is 23.7. The van der Waals surface area contributed by atoms with Crippen molar-refractivity contribution in [1.82, 2.24) is 60.8 Å². The first-order chi connectivity index (χ1) is 47.7. The first-order valence-electron chi connectivity index (χ1n) is 34.0. The summed E-state index contributed by atoms with van der Waals surface area (Å²) in [5.41, 5.74) is 3.02. The number of carbonyl (C=O) groups is 5. The molecule has 3 aromatic carbocycles. The number of esters is 1. The number of nitrogens with two attached hydrogens (primary N) is 1. The Kier molecular flexibility index (Phi) is 29.4. The Labute approximate surface area is 587 Å². The number of carbonyl (C=O) groups excluding carboxylic acids is 4. The number of hydrogen-bond donors (Lipinski definition) is 4. The van der Waals surface area contributed by atoms with Crippen LogP contribution in [0.4, 0.5) is 26.3 Å². The van der Waals surface area contributed by atoms with Crippen molar-refractivity contribution in [2.24, 2.45) is 17.6 Å². The first kappa shape index (κ1) is 79.2. The molecule has 0 radical (unpaired) electrons. The summed E-state index contributed by atoms with van der Waals surface area (Å²) in [6.45, 7) is 12.3. The normalized spacial score (nSPS) is 18.4. The number of halogens is 7. The maximum Gasteiger partial charge on any atom is 0.435 e. The molecular weight excluding hydrogens is 1340 g/mol. The van der Waals surface area contributed by atoms with Crippen molar-refractivity contribution in [3.05, 3.63) is 161 Å². The van der Waals surface area contributed by atoms with E-state index in [0.717, 1.165) is 97.7 Å². The third-order valence-electron chi connectivity index (χ3n) is 17.3. The molecule has 0 saturated heterocycles. The lowest BCUT2D eigenvalue weighted by atomic mass is 9.79. The molecule has 0 spiro atoms. The molecule has 0 unspecified atom stereocenters. The predicted molar refractivity (Wildman–Crippen MR) is 361 cm³/mol. The van der Waals surface area contributed by atoms with Crippen LogP contribution in [0.25, 0.3) is 11.4 Å². The van der Waals surface area contributed by atoms with Crippen molar-refractivity contribution in [2.45, 2.75) is 205 Å². The van der Waals surface area contributed by atoms with Gasteiger partial charge in [-0.1, -0.05) is 96.1 Å². The number of alkyl halides is 6. The average Bonchev–Trinajstić information content (AvgIpc) is 1.64. The number of amides is 2. The largest absolute Gasteiger partial charge is 0.481 e. The molecule has 2 amide bonds. The SMILES string of the molecule is CC(C)c1nnc(C2CCC(C(=O)O)CC2)o1.CC(C)c1nnc(C2CCC(CC(=O)CCCNC(=O)c3cn(-c4ccccc4)nc3C(F)(F)F)CC2)o1.CC(C)c1nnc(C2CCC(N)CC2)o1.Cl.O=C(CCCNC(=O)c1cn(-c2ccccc2)nc1C(F)(F)F)Oc1ccccc1. The molecule has 5 N–H and O–H groups in total. The molecule has 0 atom stereocenters. The van der Waals surface area contributed by atoms with Crippen molar-refractivity contribution in [2.75, 3.05) is 13.1 Å². The number of carboxylic acids is 1. The maximum absolute atomic E-state index is 13.5. The number of ketones is 1. The van der Waals surface area contributed by atoms with E-state index in [2.05, 4.69) is 65.3 Å². The van der Waals surface area contributed by atoms with Gasteiger partial charge in [0.1, 0.15) is 11.5 Å². The third-order valence-corrected chi connectivity index (χ3v) is 17.3. The fourth-order valence-electron chi connectivity index (χ4n) is 11.6. The molecule has 3 fully saturated rings. The van der Waals surface area contributed by atoms with Crippen molar-refractivity contribution >= 4 is 41.9 Å². The Hall–Kier alpha value is -9.12. The lowest BCUT2D eigenvalue weighted by Gasteiger charge is -2.26. The first-order valence-corrected chi connectivity index (χ1v) is 34.0. The van der Waals surface area contributed by atoms with Crippen molar-refractivity contribution < 1.29 is 73.4 Å². The maximum atomic E-state index is 13.5. The van der Waals surface area contributed by atoms with E-state index in [-0.39, 0.29) is 80.1 Å². The second kappa shape index (κ2) is 37.5. The monoisotopic (exact) mass is 1430 g/mol. The molecule has 23 nitrogen and oxygen atoms in total. The van der Waals surface area contributed by atoms with Crippen molar-refractivity contribution in [3.63, 3.8) is 0 Å². The molecule has 3 aliphatic carbocycles. The number of nitrogens with zero attached hydrogens (tertiary/aromatic N) is 10. The van der Waals surface area contributed by atoms with Crippen LogP contribution in [0.1, 0.15) is 254 Å². The Balaban J connectivity index is 0.000000201. The molecule has 30 heteroatoms. The van der Waals surface area contributed by atoms with Gasteiger partial charge in [-0.3, -0.25) is 24.0 Å². The average molecular weight is 1430 g/mol. The van der Waals surface area contributed by atoms with E-state index in [0.29, 0.717) is 90.2 Å². The molecule has 0 aliphatic heterocycles. The van der Waals surface area contributed by atoms with Gasteiger partial charge in [-0.25, -0.2) is 9.36 Å². The number of aliphatic carboxylic acids is 1. The molecule has 5 heterocycles. The summed E-state index contributed by atoms with van der Waals surface area (Å²) in [4.78, 5) is 60.0. The number of ether oxygens (including phenoxy) is 1. The van der Waals surface area contributed by atoms with Crippen LogP contribution in [-0.2, 0) is 26.7 Å². The Morgan fingerprint density at radius 3 is 1.27 bits per heavy atom. The zero-order chi connectivity index (χ0) is 72.1. The van der Waals surface area contributed by atoms with Crippen LogP contribution in [0.15, 0.2) is 117 Å². The highest BCUT2D eigenvalue weighted by atomic mass is 35.5. The van der Waals surface area contributed by atoms with Gasteiger partial charge in [-0.15, -0.1) is 43.0 Å². The summed E-state index contributed by atoms with van der Waals surface area (Å²) in [6.07, 6.45) is 4.83. The topological polar surface area (TPSA) is 317 Å². The Morgan fingerprint density at radius 1 is 0.535 bits per heavy atom. The molecule has 11 rings (SSSR count). The molecule has 546 valence electrons. The molecular formula is C71H88ClF6N13O10. The Bertz CT molecular complexity index is 3870. The minimum absolute atomic E-state index is 0. The number of benzene rings is 3. The summed E-state index contributed by atoms with van der Waals surface area (Å²) in [7, 11) is 0. The molecule has 3 saturated carbocycles. The van der Waals surface area contributed by atoms with Gasteiger partial charge >= 0.3 is 24.3 Å². The van der Waals surface area contributed by atoms with Crippen LogP contribution < -0.4 is 21.1 Å². The zero-order valence-electron chi connectivity index (χ0n) is 57.3. The molecule has 101 heavy (non-hydrogen) atoms. The van der Waals surface area contributed by atoms with Crippen LogP contribution in [0.2, 0.25) is 0 Å². The van der Waals surface area contributed by atoms with E-state index in [1.165, 1.54) is 0 Å². The second-order valence-corrected chi connectivity index (χ2v) is 26.2. The highest BCUT2D eigenvalue weighted by Crippen LogP contribution is 2.39. The number of hydrogen-bond acceptors (Lipinski definition) is 18. The fourth-order valence-corrected chi connectivity index (χ4v) is 11.6. The summed E-state index contributed by atoms with van der Waals surface area (Å²) in [5, 5.41) is 45.5. The standard InChI is InChI=1S/C27H32F3N5O3.C21H18F3N3O3.C12H18N2O3.C11H19N3O.ClH/c1-17(2)25-32-33-26(38-25)19-12-10-18(11-13-19)15-21(36)9-6-14-31-24(37)22-16-35(20-7-4-3-5-8-20)34-23(22)27(28,29)30;22-21(23,24)19-17(14-27(26-19)15-8-3-1-4-9-15)20(29)25-13-7-12-18(28)30-16-10-5-2-6-11-16;1-7(2)10-13-14-11(17-10)8-3-5-9(6-4-8)12(15)16;1-7(2)10-13-14-11(15-10)8-3-5-9(12)6-4-8;/h3-5,7-8,16-19H,6,9-15H2,1-2H3,(H,31,37);1-6,8-11,14H,7,12-13H2,(H,25,29);7-9H,3-6H2,1-2H3,(H,15,16);7-9H,3-6,12H2,1-2H3;1H. The number of rotatable bonds is 22. The van der Waals surface area contributed by atoms with E-state index in [1.807, 2.05) is 27.7 Å². The molecule has 8 aromatic rings. The zero-order valence-corrected chi connectivity index (χ0v) is 58.1. The quantitative estimate of drug-likeness (QED) is 0.0212. The van der Waals surface area contributed by atoms with Crippen LogP contribution in [0.3, 0.4) is 0 Å². The van der Waals surface area contributed by atoms with Crippen LogP contribution in [-0.4, -0.2) is 104 Å². The van der Waals surface area contributed by atoms with Gasteiger partial charge < -0.3 is 39.5 Å². The van der Waals surface area contributed by atoms with Crippen molar-refractivity contribution in [3.8, 4) is 17.1 Å². The smallest absolute Gasteiger partial charge is 0.435 e. The highest BCUT2D eigenvalue weighted by molar-refractivity contribution is 5.96. The minimum Gasteiger partial charge on any atom is -0.481 e. The van der Waals surface area contributed by atoms with Crippen LogP contribution in [0, 0.1) is 11.8 Å². The number of nitrogens with one attached hydrogen (secondary N) is 2. The second-order valence-electron chi connectivity index (χ2n) is 26.2. The fraction of sp³-hybridized carbons (Fsp3) is 0.507. The van der Waals surface area contributed by atoms with E-state index in [9.17, 15) is 50.3 Å². The molecule has 0 bridgehead atoms. The van der Waals surface area contributed by atoms with Gasteiger partial charge in [0, 0.05) is 86.3 Å². The predicted octanol–water partition coefficient (Wildman–Crippen LogP) is 15.0. The van der Waals surface area contributed by atoms with Gasteiger partial charge in [0.15, 0.2) is 11.4 Å². The van der Waals surface area contributed by atoms with E-state index < -0.39 is 58.6 Å². The summed E-state index contributed by atoms with van der Waals surface area (Å²) >= 11 is 0. The molecule has 3 aliphatic rings. The number of carboxylic acid groups (broad SMARTS) is 1. The number of aromatic nitrogens is 10. The van der Waals surface area contributed by atoms with E-state index in [4.69, 9.17) is 28.8 Å². The van der Waals surface area contributed by atoms with Gasteiger partial charge in [0.05, 0.1) is 28.4 Å². The summed E-state index contributed by atoms with van der Waals surface area (Å²) in [5.74, 6) is 3.50. The minimum atomic E-state index is -4.79. The number of Topliss-reactive ketones (excluding diaryl/α,β-unsaturated/α-hetero) is 1. The highest BCUT2D eigenvalue weighted by Gasteiger charge is 2.41.